The van der Waals surface area contributed by atoms with Gasteiger partial charge in [-0.2, -0.15) is 15.5 Å². The molecule has 2 aliphatic rings. The molecule has 19 heteroatoms. The standard InChI is InChI=1S/C20H29N7O3.C20H27N7O2/c1-20(2,3)30-19(29)24-14-6-5-7-27(12-14)16-10-22-17(18(21)28)15(25-16)8-13-9-23-26(4)11-13;1-20(2,3)29-19(28)24-15-6-5-7-27(13-15)18-11-22-17(9-21)16(25-18)8-14-10-23-26(4)12-14/h9-11,14H,5-8,12H2,1-4H3,(H2,21,28)(H,24,29);10-12,15H,5-8,13H2,1-4H3,(H,24,28). The van der Waals surface area contributed by atoms with E-state index in [-0.39, 0.29) is 17.8 Å². The van der Waals surface area contributed by atoms with Crippen LogP contribution >= 0.6 is 0 Å². The molecule has 2 unspecified atom stereocenters. The van der Waals surface area contributed by atoms with Crippen molar-refractivity contribution < 1.29 is 23.9 Å². The number of hydrogen-bond acceptors (Lipinski definition) is 14. The Bertz CT molecular complexity index is 2130. The quantitative estimate of drug-likeness (QED) is 0.219. The highest BCUT2D eigenvalue weighted by atomic mass is 16.6. The zero-order chi connectivity index (χ0) is 42.9. The number of nitrogens with one attached hydrogen (secondary N) is 2. The normalized spacial score (nSPS) is 16.9. The number of carbonyl (C=O) groups excluding carboxylic acids is 3. The molecule has 2 aliphatic heterocycles. The summed E-state index contributed by atoms with van der Waals surface area (Å²) in [4.78, 5) is 58.1. The van der Waals surface area contributed by atoms with Gasteiger partial charge in [0.25, 0.3) is 5.91 Å². The van der Waals surface area contributed by atoms with Crippen LogP contribution in [0.4, 0.5) is 21.2 Å². The average molecular weight is 813 g/mol. The van der Waals surface area contributed by atoms with Crippen LogP contribution in [0.3, 0.4) is 0 Å². The summed E-state index contributed by atoms with van der Waals surface area (Å²) >= 11 is 0. The molecule has 0 aromatic carbocycles. The third-order valence-electron chi connectivity index (χ3n) is 9.20. The molecule has 19 nitrogen and oxygen atoms in total. The number of piperidine rings is 2. The molecule has 0 radical (unpaired) electrons. The Balaban J connectivity index is 0.000000224. The van der Waals surface area contributed by atoms with Gasteiger partial charge in [0.1, 0.15) is 34.6 Å². The van der Waals surface area contributed by atoms with E-state index in [2.05, 4.69) is 51.7 Å². The van der Waals surface area contributed by atoms with Gasteiger partial charge in [0.2, 0.25) is 0 Å². The van der Waals surface area contributed by atoms with E-state index in [0.717, 1.165) is 49.9 Å². The lowest BCUT2D eigenvalue weighted by Gasteiger charge is -2.34. The molecular formula is C40H56N14O5. The van der Waals surface area contributed by atoms with Crippen molar-refractivity contribution in [2.75, 3.05) is 36.0 Å². The monoisotopic (exact) mass is 812 g/mol. The lowest BCUT2D eigenvalue weighted by molar-refractivity contribution is 0.0488. The molecule has 2 fully saturated rings. The second-order valence-corrected chi connectivity index (χ2v) is 16.8. The number of aryl methyl sites for hydroxylation is 2. The second-order valence-electron chi connectivity index (χ2n) is 16.8. The van der Waals surface area contributed by atoms with E-state index in [1.807, 2.05) is 68.0 Å². The number of hydrogen-bond donors (Lipinski definition) is 3. The summed E-state index contributed by atoms with van der Waals surface area (Å²) in [5.74, 6) is 0.740. The van der Waals surface area contributed by atoms with Crippen molar-refractivity contribution in [3.8, 4) is 6.07 Å². The maximum absolute atomic E-state index is 12.1. The van der Waals surface area contributed by atoms with E-state index >= 15 is 0 Å². The lowest BCUT2D eigenvalue weighted by Crippen LogP contribution is -2.49. The molecule has 4 aromatic heterocycles. The van der Waals surface area contributed by atoms with Crippen molar-refractivity contribution in [3.05, 3.63) is 71.1 Å². The Morgan fingerprint density at radius 3 is 1.64 bits per heavy atom. The number of carbonyl (C=O) groups is 3. The van der Waals surface area contributed by atoms with Crippen LogP contribution in [0.1, 0.15) is 106 Å². The number of aromatic nitrogens is 8. The third kappa shape index (κ3) is 13.4. The molecule has 2 atom stereocenters. The molecule has 0 aliphatic carbocycles. The van der Waals surface area contributed by atoms with E-state index in [9.17, 15) is 19.6 Å². The number of ether oxygens (including phenoxy) is 2. The van der Waals surface area contributed by atoms with Crippen LogP contribution in [0.5, 0.6) is 0 Å². The largest absolute Gasteiger partial charge is 0.444 e. The van der Waals surface area contributed by atoms with Crippen LogP contribution in [0.15, 0.2) is 37.2 Å². The summed E-state index contributed by atoms with van der Waals surface area (Å²) in [7, 11) is 3.68. The van der Waals surface area contributed by atoms with Gasteiger partial charge in [-0.05, 0) is 78.4 Å². The van der Waals surface area contributed by atoms with Crippen molar-refractivity contribution in [1.82, 2.24) is 50.1 Å². The minimum atomic E-state index is -0.615. The zero-order valence-electron chi connectivity index (χ0n) is 35.2. The topological polar surface area (TPSA) is 237 Å². The first-order valence-corrected chi connectivity index (χ1v) is 19.7. The van der Waals surface area contributed by atoms with Crippen molar-refractivity contribution in [1.29, 1.82) is 5.26 Å². The number of primary amides is 1. The molecule has 2 saturated heterocycles. The molecule has 0 saturated carbocycles. The van der Waals surface area contributed by atoms with Crippen LogP contribution in [-0.4, -0.2) is 107 Å². The first-order valence-electron chi connectivity index (χ1n) is 19.7. The van der Waals surface area contributed by atoms with Gasteiger partial charge in [0.15, 0.2) is 5.69 Å². The Hall–Kier alpha value is -6.32. The molecule has 3 amide bonds. The molecule has 4 aromatic rings. The van der Waals surface area contributed by atoms with Crippen LogP contribution in [0.25, 0.3) is 0 Å². The molecule has 6 rings (SSSR count). The van der Waals surface area contributed by atoms with E-state index in [4.69, 9.17) is 20.2 Å². The van der Waals surface area contributed by atoms with Gasteiger partial charge in [-0.3, -0.25) is 14.2 Å². The fourth-order valence-corrected chi connectivity index (χ4v) is 6.75. The van der Waals surface area contributed by atoms with Crippen LogP contribution in [0, 0.1) is 11.3 Å². The van der Waals surface area contributed by atoms with Crippen molar-refractivity contribution in [2.45, 2.75) is 103 Å². The fourth-order valence-electron chi connectivity index (χ4n) is 6.75. The first kappa shape index (κ1) is 43.8. The summed E-state index contributed by atoms with van der Waals surface area (Å²) in [5, 5.41) is 23.6. The van der Waals surface area contributed by atoms with Gasteiger partial charge in [-0.25, -0.2) is 29.5 Å². The Morgan fingerprint density at radius 2 is 1.22 bits per heavy atom. The highest BCUT2D eigenvalue weighted by Crippen LogP contribution is 2.22. The van der Waals surface area contributed by atoms with Crippen LogP contribution in [0.2, 0.25) is 0 Å². The summed E-state index contributed by atoms with van der Waals surface area (Å²) in [6.07, 6.45) is 14.0. The highest BCUT2D eigenvalue weighted by molar-refractivity contribution is 5.92. The predicted molar refractivity (Wildman–Crippen MR) is 219 cm³/mol. The Labute approximate surface area is 344 Å². The van der Waals surface area contributed by atoms with Gasteiger partial charge in [-0.15, -0.1) is 0 Å². The summed E-state index contributed by atoms with van der Waals surface area (Å²) < 4.78 is 14.1. The fraction of sp³-hybridized carbons (Fsp3) is 0.550. The molecule has 0 spiro atoms. The molecule has 6 heterocycles. The van der Waals surface area contributed by atoms with Crippen LogP contribution in [-0.2, 0) is 36.4 Å². The first-order chi connectivity index (χ1) is 27.8. The number of amides is 3. The maximum Gasteiger partial charge on any atom is 0.407 e. The van der Waals surface area contributed by atoms with Gasteiger partial charge >= 0.3 is 12.2 Å². The number of anilines is 2. The molecule has 4 N–H and O–H groups in total. The SMILES string of the molecule is Cn1cc(Cc2nc(N3CCCC(NC(=O)OC(C)(C)C)C3)cnc2C#N)cn1.Cn1cc(Cc2nc(N3CCCC(NC(=O)OC(C)(C)C)C3)cnc2C(N)=O)cn1. The van der Waals surface area contributed by atoms with Gasteiger partial charge in [-0.1, -0.05) is 0 Å². The van der Waals surface area contributed by atoms with Crippen molar-refractivity contribution in [3.63, 3.8) is 0 Å². The second kappa shape index (κ2) is 19.0. The van der Waals surface area contributed by atoms with Gasteiger partial charge < -0.3 is 35.6 Å². The minimum absolute atomic E-state index is 0.0298. The molecule has 316 valence electrons. The maximum atomic E-state index is 12.1. The van der Waals surface area contributed by atoms with E-state index < -0.39 is 29.3 Å². The van der Waals surface area contributed by atoms with E-state index in [1.54, 1.807) is 34.2 Å². The minimum Gasteiger partial charge on any atom is -0.444 e. The summed E-state index contributed by atoms with van der Waals surface area (Å²) in [5.41, 5.74) is 7.91. The van der Waals surface area contributed by atoms with Crippen molar-refractivity contribution >= 4 is 29.7 Å². The van der Waals surface area contributed by atoms with E-state index in [0.29, 0.717) is 54.6 Å². The van der Waals surface area contributed by atoms with E-state index in [1.165, 1.54) is 0 Å². The Kier molecular flexibility index (Phi) is 14.1. The summed E-state index contributed by atoms with van der Waals surface area (Å²) in [6.45, 7) is 13.8. The van der Waals surface area contributed by atoms with Gasteiger partial charge in [0.05, 0.1) is 36.2 Å². The molecular weight excluding hydrogens is 757 g/mol. The Morgan fingerprint density at radius 1 is 0.763 bits per heavy atom. The highest BCUT2D eigenvalue weighted by Gasteiger charge is 2.28. The smallest absolute Gasteiger partial charge is 0.407 e. The number of nitriles is 1. The van der Waals surface area contributed by atoms with Crippen LogP contribution < -0.4 is 26.2 Å². The average Bonchev–Trinajstić information content (AvgIpc) is 3.76. The number of nitrogens with two attached hydrogens (primary N) is 1. The summed E-state index contributed by atoms with van der Waals surface area (Å²) in [6, 6.07) is 2.02. The van der Waals surface area contributed by atoms with Gasteiger partial charge in [0, 0.05) is 77.6 Å². The predicted octanol–water partition coefficient (Wildman–Crippen LogP) is 3.56. The van der Waals surface area contributed by atoms with Crippen molar-refractivity contribution in [2.24, 2.45) is 19.8 Å². The molecule has 59 heavy (non-hydrogen) atoms. The lowest BCUT2D eigenvalue weighted by atomic mass is 10.1. The number of alkyl carbamates (subject to hydrolysis) is 2. The third-order valence-corrected chi connectivity index (χ3v) is 9.20. The number of rotatable bonds is 9. The zero-order valence-corrected chi connectivity index (χ0v) is 35.2. The number of nitrogens with zero attached hydrogens (tertiary/aromatic N) is 11. The molecule has 0 bridgehead atoms.